The molecule has 0 amide bonds. The molecule has 1 aromatic heterocycles. The molecule has 8 heteroatoms. The van der Waals surface area contributed by atoms with Crippen LogP contribution in [0.1, 0.15) is 5.56 Å². The van der Waals surface area contributed by atoms with Crippen LogP contribution in [0.15, 0.2) is 53.3 Å². The van der Waals surface area contributed by atoms with Crippen molar-refractivity contribution in [2.45, 2.75) is 6.18 Å². The summed E-state index contributed by atoms with van der Waals surface area (Å²) >= 11 is 7.07. The fourth-order valence-corrected chi connectivity index (χ4v) is 2.91. The SMILES string of the molecule is O=c1cc(-c2ccc(Oc3ccc(C(F)(F)F)cc3Cl)cc2)s[nH]1. The molecule has 0 aliphatic carbocycles. The molecule has 3 rings (SSSR count). The maximum atomic E-state index is 12.6. The number of aromatic nitrogens is 1. The number of benzene rings is 2. The smallest absolute Gasteiger partial charge is 0.416 e. The Morgan fingerprint density at radius 3 is 2.29 bits per heavy atom. The predicted octanol–water partition coefficient (Wildman–Crippen LogP) is 5.57. The summed E-state index contributed by atoms with van der Waals surface area (Å²) in [5, 5.41) is -0.127. The van der Waals surface area contributed by atoms with E-state index >= 15 is 0 Å². The fourth-order valence-electron chi connectivity index (χ4n) is 2.00. The second-order valence-corrected chi connectivity index (χ2v) is 6.10. The summed E-state index contributed by atoms with van der Waals surface area (Å²) < 4.78 is 45.9. The third kappa shape index (κ3) is 3.63. The van der Waals surface area contributed by atoms with Crippen molar-refractivity contribution >= 4 is 23.1 Å². The summed E-state index contributed by atoms with van der Waals surface area (Å²) in [6, 6.07) is 11.2. The van der Waals surface area contributed by atoms with E-state index in [4.69, 9.17) is 16.3 Å². The lowest BCUT2D eigenvalue weighted by molar-refractivity contribution is -0.137. The highest BCUT2D eigenvalue weighted by molar-refractivity contribution is 7.09. The highest BCUT2D eigenvalue weighted by Gasteiger charge is 2.31. The lowest BCUT2D eigenvalue weighted by Crippen LogP contribution is -2.04. The van der Waals surface area contributed by atoms with E-state index in [0.29, 0.717) is 5.75 Å². The van der Waals surface area contributed by atoms with Gasteiger partial charge in [0, 0.05) is 6.07 Å². The number of rotatable bonds is 3. The van der Waals surface area contributed by atoms with E-state index in [9.17, 15) is 18.0 Å². The zero-order chi connectivity index (χ0) is 17.3. The van der Waals surface area contributed by atoms with Gasteiger partial charge in [-0.1, -0.05) is 23.1 Å². The van der Waals surface area contributed by atoms with E-state index in [1.54, 1.807) is 24.3 Å². The fraction of sp³-hybridized carbons (Fsp3) is 0.0625. The molecule has 1 heterocycles. The van der Waals surface area contributed by atoms with Crippen molar-refractivity contribution in [3.05, 3.63) is 69.5 Å². The van der Waals surface area contributed by atoms with Crippen LogP contribution >= 0.6 is 23.1 Å². The number of hydrogen-bond acceptors (Lipinski definition) is 3. The van der Waals surface area contributed by atoms with Crippen molar-refractivity contribution in [3.8, 4) is 21.9 Å². The first-order chi connectivity index (χ1) is 11.3. The van der Waals surface area contributed by atoms with E-state index in [-0.39, 0.29) is 16.3 Å². The Balaban J connectivity index is 1.80. The van der Waals surface area contributed by atoms with Gasteiger partial charge in [0.05, 0.1) is 15.5 Å². The van der Waals surface area contributed by atoms with Crippen molar-refractivity contribution in [1.29, 1.82) is 0 Å². The topological polar surface area (TPSA) is 42.1 Å². The molecular weight excluding hydrogens is 363 g/mol. The Hall–Kier alpha value is -2.25. The van der Waals surface area contributed by atoms with Gasteiger partial charge >= 0.3 is 6.18 Å². The number of alkyl halides is 3. The molecule has 24 heavy (non-hydrogen) atoms. The molecule has 2 aromatic carbocycles. The number of H-pyrrole nitrogens is 1. The molecule has 0 radical (unpaired) electrons. The van der Waals surface area contributed by atoms with Crippen molar-refractivity contribution in [2.24, 2.45) is 0 Å². The summed E-state index contributed by atoms with van der Waals surface area (Å²) in [6.45, 7) is 0. The number of nitrogens with one attached hydrogen (secondary N) is 1. The largest absolute Gasteiger partial charge is 0.456 e. The maximum Gasteiger partial charge on any atom is 0.416 e. The van der Waals surface area contributed by atoms with E-state index < -0.39 is 11.7 Å². The van der Waals surface area contributed by atoms with E-state index in [2.05, 4.69) is 4.37 Å². The number of halogens is 4. The molecule has 3 nitrogen and oxygen atoms in total. The standard InChI is InChI=1S/C16H9ClF3NO2S/c17-12-7-10(16(18,19)20)3-6-13(12)23-11-4-1-9(2-5-11)14-8-15(22)21-24-14/h1-8H,(H,21,22). The van der Waals surface area contributed by atoms with Crippen LogP contribution in [0, 0.1) is 0 Å². The molecule has 0 atom stereocenters. The lowest BCUT2D eigenvalue weighted by Gasteiger charge is -2.11. The van der Waals surface area contributed by atoms with Gasteiger partial charge < -0.3 is 4.74 Å². The van der Waals surface area contributed by atoms with Crippen LogP contribution in [0.3, 0.4) is 0 Å². The Morgan fingerprint density at radius 2 is 1.75 bits per heavy atom. The minimum Gasteiger partial charge on any atom is -0.456 e. The van der Waals surface area contributed by atoms with Crippen LogP contribution in [0.25, 0.3) is 10.4 Å². The van der Waals surface area contributed by atoms with Crippen molar-refractivity contribution < 1.29 is 17.9 Å². The Morgan fingerprint density at radius 1 is 1.04 bits per heavy atom. The Kier molecular flexibility index (Phi) is 4.38. The highest BCUT2D eigenvalue weighted by Crippen LogP contribution is 2.36. The van der Waals surface area contributed by atoms with Gasteiger partial charge in [0.15, 0.2) is 0 Å². The van der Waals surface area contributed by atoms with Crippen molar-refractivity contribution in [1.82, 2.24) is 4.37 Å². The monoisotopic (exact) mass is 371 g/mol. The van der Waals surface area contributed by atoms with Gasteiger partial charge in [-0.2, -0.15) is 13.2 Å². The van der Waals surface area contributed by atoms with Gasteiger partial charge in [0.2, 0.25) is 0 Å². The van der Waals surface area contributed by atoms with Crippen LogP contribution in [-0.4, -0.2) is 4.37 Å². The quantitative estimate of drug-likeness (QED) is 0.654. The van der Waals surface area contributed by atoms with Crippen molar-refractivity contribution in [2.75, 3.05) is 0 Å². The summed E-state index contributed by atoms with van der Waals surface area (Å²) in [7, 11) is 0. The van der Waals surface area contributed by atoms with Gasteiger partial charge in [-0.3, -0.25) is 9.17 Å². The maximum absolute atomic E-state index is 12.6. The average Bonchev–Trinajstić information content (AvgIpc) is 2.95. The van der Waals surface area contributed by atoms with Gasteiger partial charge in [-0.15, -0.1) is 0 Å². The van der Waals surface area contributed by atoms with Gasteiger partial charge in [0.1, 0.15) is 11.5 Å². The van der Waals surface area contributed by atoms with Gasteiger partial charge in [-0.25, -0.2) is 0 Å². The molecule has 0 fully saturated rings. The average molecular weight is 372 g/mol. The van der Waals surface area contributed by atoms with Crippen molar-refractivity contribution in [3.63, 3.8) is 0 Å². The number of hydrogen-bond donors (Lipinski definition) is 1. The number of aromatic amines is 1. The van der Waals surface area contributed by atoms with Gasteiger partial charge in [0.25, 0.3) is 5.56 Å². The number of ether oxygens (including phenoxy) is 1. The zero-order valence-corrected chi connectivity index (χ0v) is 13.4. The van der Waals surface area contributed by atoms with Crippen LogP contribution in [0.2, 0.25) is 5.02 Å². The van der Waals surface area contributed by atoms with Crippen LogP contribution in [0.5, 0.6) is 11.5 Å². The summed E-state index contributed by atoms with van der Waals surface area (Å²) in [6.07, 6.45) is -4.46. The molecular formula is C16H9ClF3NO2S. The molecule has 0 spiro atoms. The molecule has 0 aliphatic heterocycles. The Labute approximate surface area is 143 Å². The third-order valence-electron chi connectivity index (χ3n) is 3.15. The highest BCUT2D eigenvalue weighted by atomic mass is 35.5. The molecule has 0 bridgehead atoms. The molecule has 0 saturated carbocycles. The molecule has 1 N–H and O–H groups in total. The third-order valence-corrected chi connectivity index (χ3v) is 4.32. The van der Waals surface area contributed by atoms with E-state index in [0.717, 1.165) is 22.6 Å². The first-order valence-corrected chi connectivity index (χ1v) is 7.86. The van der Waals surface area contributed by atoms with Crippen LogP contribution in [0.4, 0.5) is 13.2 Å². The van der Waals surface area contributed by atoms with E-state index in [1.807, 2.05) is 0 Å². The van der Waals surface area contributed by atoms with Crippen LogP contribution in [-0.2, 0) is 6.18 Å². The van der Waals surface area contributed by atoms with Gasteiger partial charge in [-0.05, 0) is 48.0 Å². The minimum absolute atomic E-state index is 0.127. The predicted molar refractivity (Wildman–Crippen MR) is 86.9 cm³/mol. The first-order valence-electron chi connectivity index (χ1n) is 6.66. The molecule has 0 unspecified atom stereocenters. The first kappa shape index (κ1) is 16.6. The second-order valence-electron chi connectivity index (χ2n) is 4.85. The van der Waals surface area contributed by atoms with E-state index in [1.165, 1.54) is 23.7 Å². The second kappa shape index (κ2) is 6.33. The minimum atomic E-state index is -4.46. The zero-order valence-electron chi connectivity index (χ0n) is 11.9. The molecule has 3 aromatic rings. The summed E-state index contributed by atoms with van der Waals surface area (Å²) in [4.78, 5) is 11.9. The Bertz CT molecular complexity index is 916. The molecule has 124 valence electrons. The normalized spacial score (nSPS) is 11.5. The molecule has 0 aliphatic rings. The summed E-state index contributed by atoms with van der Waals surface area (Å²) in [5.41, 5.74) is -0.186. The van der Waals surface area contributed by atoms with Crippen LogP contribution < -0.4 is 10.3 Å². The molecule has 0 saturated heterocycles. The lowest BCUT2D eigenvalue weighted by atomic mass is 10.2. The summed E-state index contributed by atoms with van der Waals surface area (Å²) in [5.74, 6) is 0.548.